The maximum Gasteiger partial charge on any atom is 0.252 e. The van der Waals surface area contributed by atoms with Crippen LogP contribution in [0.1, 0.15) is 12.5 Å². The fourth-order valence-corrected chi connectivity index (χ4v) is 7.82. The Morgan fingerprint density at radius 3 is 2.63 bits per heavy atom. The molecule has 2 atom stereocenters. The first-order valence-corrected chi connectivity index (χ1v) is 12.7. The Balaban J connectivity index is 1.63. The minimum absolute atomic E-state index is 0.0512. The van der Waals surface area contributed by atoms with Gasteiger partial charge in [0, 0.05) is 16.0 Å². The summed E-state index contributed by atoms with van der Waals surface area (Å²) in [4.78, 5) is 18.9. The summed E-state index contributed by atoms with van der Waals surface area (Å²) in [5, 5.41) is 0.908. The third-order valence-electron chi connectivity index (χ3n) is 5.01. The van der Waals surface area contributed by atoms with Crippen LogP contribution in [0.25, 0.3) is 0 Å². The molecule has 4 rings (SSSR count). The first-order chi connectivity index (χ1) is 14.4. The summed E-state index contributed by atoms with van der Waals surface area (Å²) < 4.78 is 29.9. The van der Waals surface area contributed by atoms with E-state index < -0.39 is 9.84 Å². The Morgan fingerprint density at radius 2 is 1.93 bits per heavy atom. The van der Waals surface area contributed by atoms with Crippen molar-refractivity contribution in [1.82, 2.24) is 0 Å². The van der Waals surface area contributed by atoms with Gasteiger partial charge in [0.1, 0.15) is 5.75 Å². The molecule has 2 aromatic carbocycles. The van der Waals surface area contributed by atoms with Gasteiger partial charge < -0.3 is 9.64 Å². The Bertz CT molecular complexity index is 1090. The average Bonchev–Trinajstić information content (AvgIpc) is 3.15. The molecule has 1 amide bonds. The molecule has 9 heteroatoms. The molecule has 2 aliphatic heterocycles. The number of rotatable bonds is 5. The fraction of sp³-hybridized carbons (Fsp3) is 0.333. The number of carbonyl (C=O) groups excluding carboxylic acids is 1. The number of halogens is 1. The lowest BCUT2D eigenvalue weighted by Gasteiger charge is -2.24. The fourth-order valence-electron chi connectivity index (χ4n) is 3.69. The maximum absolute atomic E-state index is 12.7. The number of aliphatic imine (C=N–C) groups is 1. The molecule has 0 radical (unpaired) electrons. The van der Waals surface area contributed by atoms with Crippen molar-refractivity contribution in [1.29, 1.82) is 0 Å². The molecule has 0 aromatic heterocycles. The van der Waals surface area contributed by atoms with Crippen LogP contribution in [0.5, 0.6) is 5.75 Å². The highest BCUT2D eigenvalue weighted by Gasteiger charge is 2.49. The normalized spacial score (nSPS) is 23.5. The predicted molar refractivity (Wildman–Crippen MR) is 122 cm³/mol. The van der Waals surface area contributed by atoms with Crippen molar-refractivity contribution < 1.29 is 17.9 Å². The van der Waals surface area contributed by atoms with Gasteiger partial charge in [-0.2, -0.15) is 4.99 Å². The number of benzene rings is 2. The topological polar surface area (TPSA) is 76.0 Å². The first-order valence-electron chi connectivity index (χ1n) is 9.60. The van der Waals surface area contributed by atoms with E-state index >= 15 is 0 Å². The van der Waals surface area contributed by atoms with Crippen molar-refractivity contribution >= 4 is 50.0 Å². The molecule has 2 heterocycles. The molecule has 0 N–H and O–H groups in total. The van der Waals surface area contributed by atoms with Crippen LogP contribution in [-0.2, 0) is 21.1 Å². The summed E-state index contributed by atoms with van der Waals surface area (Å²) in [6.45, 7) is 2.47. The van der Waals surface area contributed by atoms with Gasteiger partial charge in [0.05, 0.1) is 30.6 Å². The van der Waals surface area contributed by atoms with Crippen molar-refractivity contribution in [2.24, 2.45) is 4.99 Å². The van der Waals surface area contributed by atoms with E-state index in [0.29, 0.717) is 22.4 Å². The highest BCUT2D eigenvalue weighted by molar-refractivity contribution is 8.16. The zero-order valence-electron chi connectivity index (χ0n) is 16.3. The summed E-state index contributed by atoms with van der Waals surface area (Å²) in [5.41, 5.74) is 1.51. The lowest BCUT2D eigenvalue weighted by atomic mass is 10.1. The molecular weight excluding hydrogens is 444 g/mol. The van der Waals surface area contributed by atoms with Crippen LogP contribution in [0, 0.1) is 0 Å². The molecule has 2 saturated heterocycles. The summed E-state index contributed by atoms with van der Waals surface area (Å²) in [6, 6.07) is 14.3. The lowest BCUT2D eigenvalue weighted by molar-refractivity contribution is -0.117. The van der Waals surface area contributed by atoms with Crippen molar-refractivity contribution in [3.05, 3.63) is 59.1 Å². The Labute approximate surface area is 185 Å². The van der Waals surface area contributed by atoms with Crippen LogP contribution in [0.4, 0.5) is 5.69 Å². The molecular formula is C21H21ClN2O4S2. The summed E-state index contributed by atoms with van der Waals surface area (Å²) >= 11 is 7.52. The quantitative estimate of drug-likeness (QED) is 0.673. The van der Waals surface area contributed by atoms with E-state index in [1.807, 2.05) is 48.2 Å². The van der Waals surface area contributed by atoms with E-state index in [9.17, 15) is 13.2 Å². The highest BCUT2D eigenvalue weighted by Crippen LogP contribution is 2.41. The van der Waals surface area contributed by atoms with E-state index in [1.54, 1.807) is 12.1 Å². The van der Waals surface area contributed by atoms with Gasteiger partial charge in [-0.1, -0.05) is 41.6 Å². The number of hydrogen-bond acceptors (Lipinski definition) is 5. The van der Waals surface area contributed by atoms with E-state index in [1.165, 1.54) is 11.8 Å². The van der Waals surface area contributed by atoms with Crippen LogP contribution in [0.15, 0.2) is 53.5 Å². The number of ether oxygens (including phenoxy) is 1. The molecule has 0 bridgehead atoms. The highest BCUT2D eigenvalue weighted by atomic mass is 35.5. The molecule has 0 saturated carbocycles. The minimum atomic E-state index is -3.11. The first kappa shape index (κ1) is 21.2. The molecule has 0 unspecified atom stereocenters. The Kier molecular flexibility index (Phi) is 6.09. The molecule has 0 spiro atoms. The second-order valence-corrected chi connectivity index (χ2v) is 10.9. The lowest BCUT2D eigenvalue weighted by Crippen LogP contribution is -2.37. The SMILES string of the molecule is CCOc1ccc(N2C(=NC(=O)Cc3ccccc3Cl)S[C@@H]3CS(=O)(=O)C[C@@H]32)cc1. The number of amides is 1. The summed E-state index contributed by atoms with van der Waals surface area (Å²) in [7, 11) is -3.11. The van der Waals surface area contributed by atoms with Crippen molar-refractivity contribution in [2.45, 2.75) is 24.6 Å². The van der Waals surface area contributed by atoms with Gasteiger partial charge >= 0.3 is 0 Å². The molecule has 158 valence electrons. The predicted octanol–water partition coefficient (Wildman–Crippen LogP) is 3.58. The summed E-state index contributed by atoms with van der Waals surface area (Å²) in [5.74, 6) is 0.560. The zero-order chi connectivity index (χ0) is 21.3. The standard InChI is InChI=1S/C21H21ClN2O4S2/c1-2-28-16-9-7-15(8-10-16)24-18-12-30(26,27)13-19(18)29-21(24)23-20(25)11-14-5-3-4-6-17(14)22/h3-10,18-19H,2,11-13H2,1H3/t18-,19+/m0/s1. The van der Waals surface area contributed by atoms with Crippen LogP contribution in [-0.4, -0.2) is 48.9 Å². The Hall–Kier alpha value is -2.03. The number of nitrogens with zero attached hydrogens (tertiary/aromatic N) is 2. The smallest absolute Gasteiger partial charge is 0.252 e. The molecule has 6 nitrogen and oxygen atoms in total. The molecule has 2 fully saturated rings. The van der Waals surface area contributed by atoms with Crippen molar-refractivity contribution in [3.8, 4) is 5.75 Å². The van der Waals surface area contributed by atoms with Crippen LogP contribution in [0.3, 0.4) is 0 Å². The molecule has 2 aliphatic rings. The van der Waals surface area contributed by atoms with E-state index in [4.69, 9.17) is 16.3 Å². The largest absolute Gasteiger partial charge is 0.494 e. The Morgan fingerprint density at radius 1 is 1.20 bits per heavy atom. The monoisotopic (exact) mass is 464 g/mol. The third kappa shape index (κ3) is 4.50. The number of carbonyl (C=O) groups is 1. The number of hydrogen-bond donors (Lipinski definition) is 0. The van der Waals surface area contributed by atoms with Gasteiger partial charge in [0.25, 0.3) is 5.91 Å². The molecule has 0 aliphatic carbocycles. The molecule has 2 aromatic rings. The third-order valence-corrected chi connectivity index (χ3v) is 8.59. The van der Waals surface area contributed by atoms with Gasteiger partial charge in [0.15, 0.2) is 15.0 Å². The zero-order valence-corrected chi connectivity index (χ0v) is 18.7. The number of thioether (sulfide) groups is 1. The van der Waals surface area contributed by atoms with Crippen LogP contribution in [0.2, 0.25) is 5.02 Å². The second kappa shape index (κ2) is 8.61. The van der Waals surface area contributed by atoms with Gasteiger partial charge in [0.2, 0.25) is 0 Å². The molecule has 30 heavy (non-hydrogen) atoms. The number of fused-ring (bicyclic) bond motifs is 1. The summed E-state index contributed by atoms with van der Waals surface area (Å²) in [6.07, 6.45) is 0.0917. The van der Waals surface area contributed by atoms with Crippen molar-refractivity contribution in [3.63, 3.8) is 0 Å². The number of amidine groups is 1. The average molecular weight is 465 g/mol. The number of sulfone groups is 1. The minimum Gasteiger partial charge on any atom is -0.494 e. The van der Waals surface area contributed by atoms with E-state index in [0.717, 1.165) is 11.4 Å². The van der Waals surface area contributed by atoms with Crippen LogP contribution >= 0.6 is 23.4 Å². The van der Waals surface area contributed by atoms with Crippen LogP contribution < -0.4 is 9.64 Å². The maximum atomic E-state index is 12.7. The van der Waals surface area contributed by atoms with E-state index in [2.05, 4.69) is 4.99 Å². The second-order valence-electron chi connectivity index (χ2n) is 7.15. The van der Waals surface area contributed by atoms with Gasteiger partial charge in [-0.25, -0.2) is 8.42 Å². The van der Waals surface area contributed by atoms with Gasteiger partial charge in [-0.05, 0) is 42.8 Å². The van der Waals surface area contributed by atoms with Gasteiger partial charge in [-0.15, -0.1) is 0 Å². The number of anilines is 1. The van der Waals surface area contributed by atoms with E-state index in [-0.39, 0.29) is 35.1 Å². The van der Waals surface area contributed by atoms with Gasteiger partial charge in [-0.3, -0.25) is 4.79 Å². The van der Waals surface area contributed by atoms with Crippen molar-refractivity contribution in [2.75, 3.05) is 23.0 Å².